The van der Waals surface area contributed by atoms with Crippen molar-refractivity contribution in [3.63, 3.8) is 0 Å². The minimum Gasteiger partial charge on any atom is -0.465 e. The highest BCUT2D eigenvalue weighted by molar-refractivity contribution is 5.76. The Kier molecular flexibility index (Phi) is 6.26. The lowest BCUT2D eigenvalue weighted by molar-refractivity contribution is -0.148. The van der Waals surface area contributed by atoms with Crippen LogP contribution in [0.2, 0.25) is 0 Å². The van der Waals surface area contributed by atoms with E-state index in [0.29, 0.717) is 25.4 Å². The number of carbonyl (C=O) groups excluding carboxylic acids is 1. The summed E-state index contributed by atoms with van der Waals surface area (Å²) in [6.07, 6.45) is 7.00. The predicted molar refractivity (Wildman–Crippen MR) is 75.6 cm³/mol. The summed E-state index contributed by atoms with van der Waals surface area (Å²) < 4.78 is 16.4. The third kappa shape index (κ3) is 5.04. The predicted octanol–water partition coefficient (Wildman–Crippen LogP) is 1.64. The van der Waals surface area contributed by atoms with Crippen LogP contribution in [0.5, 0.6) is 0 Å². The molecular formula is C15H27NO4. The van der Waals surface area contributed by atoms with Gasteiger partial charge in [0.15, 0.2) is 0 Å². The van der Waals surface area contributed by atoms with Crippen molar-refractivity contribution in [2.75, 3.05) is 20.3 Å². The highest BCUT2D eigenvalue weighted by Gasteiger charge is 2.31. The van der Waals surface area contributed by atoms with E-state index in [0.717, 1.165) is 38.5 Å². The van der Waals surface area contributed by atoms with Gasteiger partial charge in [-0.15, -0.1) is 0 Å². The zero-order chi connectivity index (χ0) is 14.4. The molecule has 3 unspecified atom stereocenters. The number of esters is 1. The Balaban J connectivity index is 1.76. The Labute approximate surface area is 121 Å². The van der Waals surface area contributed by atoms with Gasteiger partial charge in [0.2, 0.25) is 0 Å². The van der Waals surface area contributed by atoms with Gasteiger partial charge in [-0.25, -0.2) is 0 Å². The molecule has 0 aromatic rings. The normalized spacial score (nSPS) is 28.1. The van der Waals surface area contributed by atoms with Gasteiger partial charge in [-0.2, -0.15) is 0 Å². The van der Waals surface area contributed by atoms with Crippen molar-refractivity contribution in [2.45, 2.75) is 69.7 Å². The van der Waals surface area contributed by atoms with E-state index in [9.17, 15) is 4.79 Å². The average Bonchev–Trinajstić information content (AvgIpc) is 3.28. The molecule has 5 nitrogen and oxygen atoms in total. The monoisotopic (exact) mass is 285 g/mol. The average molecular weight is 285 g/mol. The molecule has 0 heterocycles. The maximum Gasteiger partial charge on any atom is 0.325 e. The molecule has 0 aromatic carbocycles. The molecular weight excluding hydrogens is 258 g/mol. The molecule has 0 aromatic heterocycles. The molecule has 0 bridgehead atoms. The van der Waals surface area contributed by atoms with Gasteiger partial charge in [-0.3, -0.25) is 10.1 Å². The van der Waals surface area contributed by atoms with Gasteiger partial charge in [0.25, 0.3) is 0 Å². The van der Waals surface area contributed by atoms with E-state index in [-0.39, 0.29) is 18.1 Å². The number of carbonyl (C=O) groups is 1. The minimum absolute atomic E-state index is 0.196. The lowest BCUT2D eigenvalue weighted by atomic mass is 9.95. The number of rotatable bonds is 8. The molecule has 0 radical (unpaired) electrons. The number of hydrogen-bond acceptors (Lipinski definition) is 5. The highest BCUT2D eigenvalue weighted by atomic mass is 16.5. The molecule has 3 atom stereocenters. The zero-order valence-electron chi connectivity index (χ0n) is 12.6. The molecule has 0 saturated heterocycles. The van der Waals surface area contributed by atoms with E-state index in [4.69, 9.17) is 14.2 Å². The maximum atomic E-state index is 11.9. The summed E-state index contributed by atoms with van der Waals surface area (Å²) in [6.45, 7) is 2.64. The van der Waals surface area contributed by atoms with E-state index in [1.54, 1.807) is 7.11 Å². The first-order valence-electron chi connectivity index (χ1n) is 7.80. The first kappa shape index (κ1) is 15.7. The van der Waals surface area contributed by atoms with E-state index in [2.05, 4.69) is 5.32 Å². The fourth-order valence-corrected chi connectivity index (χ4v) is 2.66. The van der Waals surface area contributed by atoms with Gasteiger partial charge in [0.1, 0.15) is 6.04 Å². The van der Waals surface area contributed by atoms with Gasteiger partial charge in [0, 0.05) is 13.2 Å². The van der Waals surface area contributed by atoms with E-state index < -0.39 is 0 Å². The SMILES string of the molecule is CCOC(=O)C(COC1CCCC(OC)C1)NC1CC1. The van der Waals surface area contributed by atoms with Crippen LogP contribution in [-0.2, 0) is 19.0 Å². The van der Waals surface area contributed by atoms with Crippen LogP contribution in [0, 0.1) is 0 Å². The van der Waals surface area contributed by atoms with E-state index >= 15 is 0 Å². The molecule has 0 amide bonds. The van der Waals surface area contributed by atoms with Crippen LogP contribution in [0.25, 0.3) is 0 Å². The van der Waals surface area contributed by atoms with Crippen molar-refractivity contribution in [3.05, 3.63) is 0 Å². The second kappa shape index (κ2) is 7.96. The molecule has 2 saturated carbocycles. The molecule has 116 valence electrons. The molecule has 2 aliphatic rings. The Morgan fingerprint density at radius 2 is 2.00 bits per heavy atom. The summed E-state index contributed by atoms with van der Waals surface area (Å²) in [7, 11) is 1.75. The summed E-state index contributed by atoms with van der Waals surface area (Å²) >= 11 is 0. The third-order valence-electron chi connectivity index (χ3n) is 4.00. The Bertz CT molecular complexity index is 306. The van der Waals surface area contributed by atoms with Crippen molar-refractivity contribution < 1.29 is 19.0 Å². The molecule has 2 aliphatic carbocycles. The fourth-order valence-electron chi connectivity index (χ4n) is 2.66. The van der Waals surface area contributed by atoms with Crippen LogP contribution < -0.4 is 5.32 Å². The lowest BCUT2D eigenvalue weighted by Gasteiger charge is -2.29. The molecule has 0 aliphatic heterocycles. The minimum atomic E-state index is -0.328. The van der Waals surface area contributed by atoms with Crippen LogP contribution >= 0.6 is 0 Å². The van der Waals surface area contributed by atoms with Gasteiger partial charge in [0.05, 0.1) is 25.4 Å². The Hall–Kier alpha value is -0.650. The Morgan fingerprint density at radius 1 is 1.25 bits per heavy atom. The molecule has 20 heavy (non-hydrogen) atoms. The number of ether oxygens (including phenoxy) is 3. The molecule has 0 spiro atoms. The Morgan fingerprint density at radius 3 is 2.65 bits per heavy atom. The first-order valence-corrected chi connectivity index (χ1v) is 7.80. The van der Waals surface area contributed by atoms with Crippen molar-refractivity contribution in [3.8, 4) is 0 Å². The number of hydrogen-bond donors (Lipinski definition) is 1. The molecule has 2 fully saturated rings. The zero-order valence-corrected chi connectivity index (χ0v) is 12.6. The van der Waals surface area contributed by atoms with Crippen LogP contribution in [-0.4, -0.2) is 50.6 Å². The summed E-state index contributed by atoms with van der Waals surface area (Å²) in [5, 5.41) is 3.31. The second-order valence-electron chi connectivity index (χ2n) is 5.73. The largest absolute Gasteiger partial charge is 0.465 e. The fraction of sp³-hybridized carbons (Fsp3) is 0.933. The summed E-state index contributed by atoms with van der Waals surface area (Å²) in [5.41, 5.74) is 0. The van der Waals surface area contributed by atoms with E-state index in [1.807, 2.05) is 6.92 Å². The van der Waals surface area contributed by atoms with E-state index in [1.165, 1.54) is 0 Å². The summed E-state index contributed by atoms with van der Waals surface area (Å²) in [6, 6.07) is 0.136. The maximum absolute atomic E-state index is 11.9. The number of nitrogens with one attached hydrogen (secondary N) is 1. The van der Waals surface area contributed by atoms with Crippen LogP contribution in [0.3, 0.4) is 0 Å². The molecule has 2 rings (SSSR count). The lowest BCUT2D eigenvalue weighted by Crippen LogP contribution is -2.44. The van der Waals surface area contributed by atoms with Crippen molar-refractivity contribution in [1.29, 1.82) is 0 Å². The standard InChI is InChI=1S/C15H27NO4/c1-3-19-15(17)14(16-11-7-8-11)10-20-13-6-4-5-12(9-13)18-2/h11-14,16H,3-10H2,1-2H3. The number of methoxy groups -OCH3 is 1. The van der Waals surface area contributed by atoms with Crippen LogP contribution in [0.1, 0.15) is 45.4 Å². The van der Waals surface area contributed by atoms with Gasteiger partial charge >= 0.3 is 5.97 Å². The second-order valence-corrected chi connectivity index (χ2v) is 5.73. The molecule has 5 heteroatoms. The quantitative estimate of drug-likeness (QED) is 0.687. The topological polar surface area (TPSA) is 56.8 Å². The van der Waals surface area contributed by atoms with Crippen LogP contribution in [0.4, 0.5) is 0 Å². The van der Waals surface area contributed by atoms with Crippen molar-refractivity contribution in [2.24, 2.45) is 0 Å². The third-order valence-corrected chi connectivity index (χ3v) is 4.00. The summed E-state index contributed by atoms with van der Waals surface area (Å²) in [4.78, 5) is 11.9. The molecule has 1 N–H and O–H groups in total. The van der Waals surface area contributed by atoms with Crippen molar-refractivity contribution >= 4 is 5.97 Å². The smallest absolute Gasteiger partial charge is 0.325 e. The van der Waals surface area contributed by atoms with Crippen LogP contribution in [0.15, 0.2) is 0 Å². The highest BCUT2D eigenvalue weighted by Crippen LogP contribution is 2.24. The van der Waals surface area contributed by atoms with Gasteiger partial charge < -0.3 is 14.2 Å². The first-order chi connectivity index (χ1) is 9.72. The van der Waals surface area contributed by atoms with Gasteiger partial charge in [-0.1, -0.05) is 0 Å². The summed E-state index contributed by atoms with van der Waals surface area (Å²) in [5.74, 6) is -0.196. The van der Waals surface area contributed by atoms with Gasteiger partial charge in [-0.05, 0) is 45.4 Å². The van der Waals surface area contributed by atoms with Crippen molar-refractivity contribution in [1.82, 2.24) is 5.32 Å².